The second-order valence-corrected chi connectivity index (χ2v) is 6.70. The molecule has 140 valence electrons. The predicted octanol–water partition coefficient (Wildman–Crippen LogP) is 2.93. The third-order valence-corrected chi connectivity index (χ3v) is 4.70. The number of carbonyl (C=O) groups excluding carboxylic acids is 1. The fraction of sp³-hybridized carbons (Fsp3) is 0.444. The molecule has 0 saturated carbocycles. The van der Waals surface area contributed by atoms with Crippen molar-refractivity contribution in [3.05, 3.63) is 47.3 Å². The summed E-state index contributed by atoms with van der Waals surface area (Å²) in [6.07, 6.45) is -2.86. The Morgan fingerprint density at radius 3 is 2.62 bits per heavy atom. The van der Waals surface area contributed by atoms with Crippen molar-refractivity contribution in [3.63, 3.8) is 0 Å². The van der Waals surface area contributed by atoms with Gasteiger partial charge in [-0.25, -0.2) is 4.68 Å². The number of benzene rings is 1. The quantitative estimate of drug-likeness (QED) is 0.878. The van der Waals surface area contributed by atoms with Gasteiger partial charge in [-0.15, -0.1) is 0 Å². The third-order valence-electron chi connectivity index (χ3n) is 4.70. The minimum absolute atomic E-state index is 0.196. The van der Waals surface area contributed by atoms with Crippen LogP contribution in [-0.4, -0.2) is 34.8 Å². The van der Waals surface area contributed by atoms with Crippen LogP contribution in [0.25, 0.3) is 5.69 Å². The van der Waals surface area contributed by atoms with Crippen molar-refractivity contribution in [3.8, 4) is 5.69 Å². The minimum Gasteiger partial charge on any atom is -0.348 e. The van der Waals surface area contributed by atoms with Gasteiger partial charge in [0.2, 0.25) is 0 Å². The van der Waals surface area contributed by atoms with Crippen molar-refractivity contribution in [1.29, 1.82) is 0 Å². The van der Waals surface area contributed by atoms with Crippen LogP contribution in [0.4, 0.5) is 13.2 Å². The molecule has 1 aliphatic rings. The fourth-order valence-corrected chi connectivity index (χ4v) is 3.10. The topological polar surface area (TPSA) is 59.0 Å². The van der Waals surface area contributed by atoms with E-state index in [0.717, 1.165) is 29.4 Å². The number of rotatable bonds is 3. The Morgan fingerprint density at radius 1 is 1.31 bits per heavy atom. The molecule has 26 heavy (non-hydrogen) atoms. The highest BCUT2D eigenvalue weighted by molar-refractivity contribution is 5.95. The van der Waals surface area contributed by atoms with Crippen LogP contribution in [0.5, 0.6) is 0 Å². The first kappa shape index (κ1) is 18.4. The van der Waals surface area contributed by atoms with Crippen LogP contribution in [0.15, 0.2) is 30.5 Å². The average Bonchev–Trinajstić information content (AvgIpc) is 3.03. The lowest BCUT2D eigenvalue weighted by Crippen LogP contribution is -2.50. The van der Waals surface area contributed by atoms with E-state index in [2.05, 4.69) is 15.7 Å². The second-order valence-electron chi connectivity index (χ2n) is 6.70. The number of hydrogen-bond acceptors (Lipinski definition) is 3. The predicted molar refractivity (Wildman–Crippen MR) is 91.2 cm³/mol. The lowest BCUT2D eigenvalue weighted by Gasteiger charge is -2.30. The van der Waals surface area contributed by atoms with Gasteiger partial charge in [0.1, 0.15) is 0 Å². The standard InChI is InChI=1S/C18H21F3N4O/c1-11-3-5-13(6-4-11)25-16(18(19,20)21)14(9-23-25)17(26)24-15-10-22-8-7-12(15)2/h3-6,9,12,15,22H,7-8,10H2,1-2H3,(H,24,26). The van der Waals surface area contributed by atoms with Crippen molar-refractivity contribution >= 4 is 5.91 Å². The van der Waals surface area contributed by atoms with Gasteiger partial charge in [-0.3, -0.25) is 4.79 Å². The number of nitrogens with one attached hydrogen (secondary N) is 2. The zero-order valence-electron chi connectivity index (χ0n) is 14.6. The molecule has 1 fully saturated rings. The van der Waals surface area contributed by atoms with Crippen molar-refractivity contribution in [2.24, 2.45) is 5.92 Å². The Balaban J connectivity index is 1.94. The molecule has 1 amide bonds. The zero-order valence-corrected chi connectivity index (χ0v) is 14.6. The van der Waals surface area contributed by atoms with E-state index in [-0.39, 0.29) is 17.6 Å². The first-order chi connectivity index (χ1) is 12.3. The summed E-state index contributed by atoms with van der Waals surface area (Å²) in [7, 11) is 0. The Morgan fingerprint density at radius 2 is 2.00 bits per heavy atom. The maximum Gasteiger partial charge on any atom is 0.434 e. The number of aromatic nitrogens is 2. The van der Waals surface area contributed by atoms with E-state index in [1.165, 1.54) is 0 Å². The number of piperidine rings is 1. The van der Waals surface area contributed by atoms with Crippen LogP contribution in [0.2, 0.25) is 0 Å². The average molecular weight is 366 g/mol. The molecule has 0 spiro atoms. The molecule has 0 bridgehead atoms. The first-order valence-corrected chi connectivity index (χ1v) is 8.51. The van der Waals surface area contributed by atoms with E-state index in [1.54, 1.807) is 24.3 Å². The Hall–Kier alpha value is -2.35. The van der Waals surface area contributed by atoms with Crippen molar-refractivity contribution < 1.29 is 18.0 Å². The molecular weight excluding hydrogens is 345 g/mol. The molecule has 2 atom stereocenters. The zero-order chi connectivity index (χ0) is 18.9. The van der Waals surface area contributed by atoms with E-state index in [1.807, 2.05) is 13.8 Å². The minimum atomic E-state index is -4.70. The van der Waals surface area contributed by atoms with Crippen LogP contribution < -0.4 is 10.6 Å². The molecule has 2 unspecified atom stereocenters. The summed E-state index contributed by atoms with van der Waals surface area (Å²) in [5.41, 5.74) is -0.341. The summed E-state index contributed by atoms with van der Waals surface area (Å²) >= 11 is 0. The van der Waals surface area contributed by atoms with Crippen molar-refractivity contribution in [1.82, 2.24) is 20.4 Å². The molecule has 0 radical (unpaired) electrons. The normalized spacial score (nSPS) is 20.8. The molecular formula is C18H21F3N4O. The maximum atomic E-state index is 13.7. The van der Waals surface area contributed by atoms with E-state index in [9.17, 15) is 18.0 Å². The molecule has 1 saturated heterocycles. The summed E-state index contributed by atoms with van der Waals surface area (Å²) < 4.78 is 41.8. The van der Waals surface area contributed by atoms with Crippen molar-refractivity contribution in [2.45, 2.75) is 32.5 Å². The SMILES string of the molecule is Cc1ccc(-n2ncc(C(=O)NC3CNCCC3C)c2C(F)(F)F)cc1. The summed E-state index contributed by atoms with van der Waals surface area (Å²) in [6, 6.07) is 6.29. The number of halogens is 3. The number of aryl methyl sites for hydroxylation is 1. The number of hydrogen-bond donors (Lipinski definition) is 2. The Kier molecular flexibility index (Phi) is 5.04. The molecule has 1 aromatic carbocycles. The summed E-state index contributed by atoms with van der Waals surface area (Å²) in [5.74, 6) is -0.557. The van der Waals surface area contributed by atoms with Crippen LogP contribution in [0.1, 0.15) is 35.0 Å². The molecule has 5 nitrogen and oxygen atoms in total. The highest BCUT2D eigenvalue weighted by atomic mass is 19.4. The van der Waals surface area contributed by atoms with E-state index in [4.69, 9.17) is 0 Å². The number of amides is 1. The highest BCUT2D eigenvalue weighted by Crippen LogP contribution is 2.33. The van der Waals surface area contributed by atoms with Gasteiger partial charge in [0.15, 0.2) is 5.69 Å². The largest absolute Gasteiger partial charge is 0.434 e. The smallest absolute Gasteiger partial charge is 0.348 e. The maximum absolute atomic E-state index is 13.7. The molecule has 3 rings (SSSR count). The number of carbonyl (C=O) groups is 1. The molecule has 1 aliphatic heterocycles. The van der Waals surface area contributed by atoms with E-state index in [0.29, 0.717) is 6.54 Å². The van der Waals surface area contributed by atoms with Gasteiger partial charge >= 0.3 is 6.18 Å². The molecule has 2 N–H and O–H groups in total. The number of nitrogens with zero attached hydrogens (tertiary/aromatic N) is 2. The van der Waals surface area contributed by atoms with Crippen LogP contribution in [0.3, 0.4) is 0 Å². The highest BCUT2D eigenvalue weighted by Gasteiger charge is 2.41. The Bertz CT molecular complexity index is 783. The summed E-state index contributed by atoms with van der Waals surface area (Å²) in [6.45, 7) is 5.20. The second kappa shape index (κ2) is 7.11. The number of alkyl halides is 3. The van der Waals surface area contributed by atoms with Crippen LogP contribution in [-0.2, 0) is 6.18 Å². The van der Waals surface area contributed by atoms with Gasteiger partial charge in [-0.05, 0) is 37.9 Å². The van der Waals surface area contributed by atoms with Crippen LogP contribution in [0, 0.1) is 12.8 Å². The van der Waals surface area contributed by atoms with E-state index < -0.39 is 23.3 Å². The molecule has 1 aromatic heterocycles. The van der Waals surface area contributed by atoms with Gasteiger partial charge in [-0.1, -0.05) is 24.6 Å². The Labute approximate surface area is 149 Å². The molecule has 0 aliphatic carbocycles. The van der Waals surface area contributed by atoms with Gasteiger partial charge in [0.25, 0.3) is 5.91 Å². The fourth-order valence-electron chi connectivity index (χ4n) is 3.10. The molecule has 2 heterocycles. The summed E-state index contributed by atoms with van der Waals surface area (Å²) in [5, 5.41) is 9.70. The van der Waals surface area contributed by atoms with Gasteiger partial charge in [0, 0.05) is 12.6 Å². The lowest BCUT2D eigenvalue weighted by molar-refractivity contribution is -0.143. The molecule has 2 aromatic rings. The van der Waals surface area contributed by atoms with Gasteiger partial charge in [-0.2, -0.15) is 18.3 Å². The lowest BCUT2D eigenvalue weighted by atomic mass is 9.94. The monoisotopic (exact) mass is 366 g/mol. The van der Waals surface area contributed by atoms with Crippen LogP contribution >= 0.6 is 0 Å². The molecule has 8 heteroatoms. The first-order valence-electron chi connectivity index (χ1n) is 8.51. The summed E-state index contributed by atoms with van der Waals surface area (Å²) in [4.78, 5) is 12.5. The van der Waals surface area contributed by atoms with Gasteiger partial charge < -0.3 is 10.6 Å². The van der Waals surface area contributed by atoms with Crippen molar-refractivity contribution in [2.75, 3.05) is 13.1 Å². The third kappa shape index (κ3) is 3.75. The van der Waals surface area contributed by atoms with Gasteiger partial charge in [0.05, 0.1) is 17.4 Å². The van der Waals surface area contributed by atoms with E-state index >= 15 is 0 Å².